The van der Waals surface area contributed by atoms with Crippen LogP contribution in [0.2, 0.25) is 0 Å². The van der Waals surface area contributed by atoms with Crippen LogP contribution in [0.25, 0.3) is 0 Å². The van der Waals surface area contributed by atoms with E-state index in [-0.39, 0.29) is 11.5 Å². The van der Waals surface area contributed by atoms with E-state index in [0.29, 0.717) is 5.92 Å². The van der Waals surface area contributed by atoms with Gasteiger partial charge in [0, 0.05) is 0 Å². The third-order valence-electron chi connectivity index (χ3n) is 3.70. The van der Waals surface area contributed by atoms with E-state index >= 15 is 0 Å². The van der Waals surface area contributed by atoms with E-state index in [0.717, 1.165) is 38.5 Å². The summed E-state index contributed by atoms with van der Waals surface area (Å²) in [7, 11) is 0. The number of hydrogen-bond donors (Lipinski definition) is 1. The van der Waals surface area contributed by atoms with Crippen molar-refractivity contribution >= 4 is 0 Å². The SMILES string of the molecule is N#C[C@]12CCC[C@H]1CCC[C@@H]2O. The average molecular weight is 165 g/mol. The molecule has 2 heteroatoms. The predicted octanol–water partition coefficient (Wildman–Crippen LogP) is 1.84. The molecule has 0 aromatic heterocycles. The highest BCUT2D eigenvalue weighted by Gasteiger charge is 2.50. The highest BCUT2D eigenvalue weighted by molar-refractivity contribution is 5.12. The maximum Gasteiger partial charge on any atom is 0.0860 e. The van der Waals surface area contributed by atoms with Gasteiger partial charge in [-0.15, -0.1) is 0 Å². The molecule has 66 valence electrons. The quantitative estimate of drug-likeness (QED) is 0.595. The number of hydrogen-bond acceptors (Lipinski definition) is 2. The van der Waals surface area contributed by atoms with Gasteiger partial charge in [0.2, 0.25) is 0 Å². The Kier molecular flexibility index (Phi) is 1.84. The molecule has 0 amide bonds. The Balaban J connectivity index is 2.27. The van der Waals surface area contributed by atoms with Crippen molar-refractivity contribution in [3.63, 3.8) is 0 Å². The van der Waals surface area contributed by atoms with Gasteiger partial charge in [-0.05, 0) is 31.6 Å². The van der Waals surface area contributed by atoms with Crippen molar-refractivity contribution in [1.82, 2.24) is 0 Å². The summed E-state index contributed by atoms with van der Waals surface area (Å²) in [5.41, 5.74) is -0.349. The summed E-state index contributed by atoms with van der Waals surface area (Å²) in [6.07, 6.45) is 5.97. The summed E-state index contributed by atoms with van der Waals surface area (Å²) < 4.78 is 0. The predicted molar refractivity (Wildman–Crippen MR) is 45.2 cm³/mol. The van der Waals surface area contributed by atoms with Crippen LogP contribution in [0, 0.1) is 22.7 Å². The third-order valence-corrected chi connectivity index (χ3v) is 3.70. The van der Waals surface area contributed by atoms with Gasteiger partial charge in [-0.3, -0.25) is 0 Å². The Bertz CT molecular complexity index is 220. The standard InChI is InChI=1S/C10H15NO/c11-7-10-6-2-4-8(10)3-1-5-9(10)12/h8-9,12H,1-6H2/t8-,9+,10-/m1/s1. The van der Waals surface area contributed by atoms with Crippen molar-refractivity contribution in [1.29, 1.82) is 5.26 Å². The second-order valence-corrected chi connectivity index (χ2v) is 4.19. The second kappa shape index (κ2) is 2.74. The van der Waals surface area contributed by atoms with Crippen molar-refractivity contribution in [2.24, 2.45) is 11.3 Å². The monoisotopic (exact) mass is 165 g/mol. The zero-order valence-corrected chi connectivity index (χ0v) is 7.29. The van der Waals surface area contributed by atoms with Gasteiger partial charge in [-0.2, -0.15) is 5.26 Å². The van der Waals surface area contributed by atoms with E-state index in [1.807, 2.05) is 0 Å². The lowest BCUT2D eigenvalue weighted by Crippen LogP contribution is -2.40. The van der Waals surface area contributed by atoms with Crippen LogP contribution >= 0.6 is 0 Å². The van der Waals surface area contributed by atoms with Crippen LogP contribution in [0.1, 0.15) is 38.5 Å². The molecular formula is C10H15NO. The molecule has 12 heavy (non-hydrogen) atoms. The van der Waals surface area contributed by atoms with Gasteiger partial charge in [0.1, 0.15) is 0 Å². The first-order valence-corrected chi connectivity index (χ1v) is 4.89. The van der Waals surface area contributed by atoms with Crippen LogP contribution in [0.3, 0.4) is 0 Å². The van der Waals surface area contributed by atoms with E-state index < -0.39 is 0 Å². The molecule has 2 nitrogen and oxygen atoms in total. The smallest absolute Gasteiger partial charge is 0.0860 e. The van der Waals surface area contributed by atoms with Crippen LogP contribution in [0.4, 0.5) is 0 Å². The summed E-state index contributed by atoms with van der Waals surface area (Å²) in [6.45, 7) is 0. The van der Waals surface area contributed by atoms with Gasteiger partial charge in [0.25, 0.3) is 0 Å². The number of aliphatic hydroxyl groups is 1. The zero-order valence-electron chi connectivity index (χ0n) is 7.29. The minimum Gasteiger partial charge on any atom is -0.391 e. The highest BCUT2D eigenvalue weighted by Crippen LogP contribution is 2.51. The van der Waals surface area contributed by atoms with Gasteiger partial charge >= 0.3 is 0 Å². The molecule has 0 unspecified atom stereocenters. The molecule has 0 spiro atoms. The largest absolute Gasteiger partial charge is 0.391 e. The Morgan fingerprint density at radius 1 is 1.25 bits per heavy atom. The fraction of sp³-hybridized carbons (Fsp3) is 0.900. The second-order valence-electron chi connectivity index (χ2n) is 4.19. The van der Waals surface area contributed by atoms with Crippen molar-refractivity contribution in [2.75, 3.05) is 0 Å². The molecule has 2 fully saturated rings. The van der Waals surface area contributed by atoms with Crippen molar-refractivity contribution in [2.45, 2.75) is 44.6 Å². The molecule has 2 aliphatic rings. The lowest BCUT2D eigenvalue weighted by molar-refractivity contribution is 0.00121. The minimum absolute atomic E-state index is 0.344. The van der Waals surface area contributed by atoms with Crippen LogP contribution < -0.4 is 0 Å². The van der Waals surface area contributed by atoms with E-state index in [4.69, 9.17) is 5.26 Å². The molecule has 0 bridgehead atoms. The van der Waals surface area contributed by atoms with Crippen LogP contribution in [0.15, 0.2) is 0 Å². The van der Waals surface area contributed by atoms with E-state index in [1.165, 1.54) is 0 Å². The molecule has 0 aromatic rings. The third kappa shape index (κ3) is 0.895. The molecule has 0 saturated heterocycles. The Labute approximate surface area is 73.2 Å². The maximum atomic E-state index is 9.81. The number of fused-ring (bicyclic) bond motifs is 1. The molecule has 3 atom stereocenters. The fourth-order valence-corrected chi connectivity index (χ4v) is 2.98. The Hall–Kier alpha value is -0.550. The lowest BCUT2D eigenvalue weighted by Gasteiger charge is -2.37. The average Bonchev–Trinajstić information content (AvgIpc) is 2.50. The molecule has 0 aliphatic heterocycles. The molecule has 2 rings (SSSR count). The van der Waals surface area contributed by atoms with Gasteiger partial charge in [0.05, 0.1) is 17.6 Å². The first-order chi connectivity index (χ1) is 5.79. The first kappa shape index (κ1) is 8.07. The van der Waals surface area contributed by atoms with Gasteiger partial charge in [-0.25, -0.2) is 0 Å². The van der Waals surface area contributed by atoms with Crippen LogP contribution in [0.5, 0.6) is 0 Å². The molecular weight excluding hydrogens is 150 g/mol. The number of nitrogens with zero attached hydrogens (tertiary/aromatic N) is 1. The summed E-state index contributed by atoms with van der Waals surface area (Å²) in [6, 6.07) is 2.38. The highest BCUT2D eigenvalue weighted by atomic mass is 16.3. The van der Waals surface area contributed by atoms with Gasteiger partial charge < -0.3 is 5.11 Å². The number of nitriles is 1. The van der Waals surface area contributed by atoms with Crippen molar-refractivity contribution in [3.8, 4) is 6.07 Å². The summed E-state index contributed by atoms with van der Waals surface area (Å²) in [5.74, 6) is 0.492. The zero-order chi connectivity index (χ0) is 8.60. The molecule has 0 radical (unpaired) electrons. The molecule has 2 aliphatic carbocycles. The Morgan fingerprint density at radius 2 is 2.00 bits per heavy atom. The summed E-state index contributed by atoms with van der Waals surface area (Å²) >= 11 is 0. The van der Waals surface area contributed by atoms with Gasteiger partial charge in [-0.1, -0.05) is 12.8 Å². The van der Waals surface area contributed by atoms with Crippen molar-refractivity contribution < 1.29 is 5.11 Å². The fourth-order valence-electron chi connectivity index (χ4n) is 2.98. The van der Waals surface area contributed by atoms with E-state index in [1.54, 1.807) is 0 Å². The molecule has 2 saturated carbocycles. The summed E-state index contributed by atoms with van der Waals surface area (Å²) in [4.78, 5) is 0. The molecule has 0 heterocycles. The lowest BCUT2D eigenvalue weighted by atomic mass is 9.67. The minimum atomic E-state index is -0.349. The number of aliphatic hydroxyl groups excluding tert-OH is 1. The van der Waals surface area contributed by atoms with E-state index in [2.05, 4.69) is 6.07 Å². The summed E-state index contributed by atoms with van der Waals surface area (Å²) in [5, 5.41) is 18.9. The molecule has 0 aromatic carbocycles. The maximum absolute atomic E-state index is 9.81. The van der Waals surface area contributed by atoms with Crippen LogP contribution in [-0.2, 0) is 0 Å². The number of rotatable bonds is 0. The van der Waals surface area contributed by atoms with Crippen molar-refractivity contribution in [3.05, 3.63) is 0 Å². The van der Waals surface area contributed by atoms with E-state index in [9.17, 15) is 5.11 Å². The van der Waals surface area contributed by atoms with Gasteiger partial charge in [0.15, 0.2) is 0 Å². The Morgan fingerprint density at radius 3 is 2.67 bits per heavy atom. The topological polar surface area (TPSA) is 44.0 Å². The first-order valence-electron chi connectivity index (χ1n) is 4.89. The normalized spacial score (nSPS) is 46.7. The molecule has 1 N–H and O–H groups in total. The van der Waals surface area contributed by atoms with Crippen LogP contribution in [-0.4, -0.2) is 11.2 Å².